The quantitative estimate of drug-likeness (QED) is 0.222. The van der Waals surface area contributed by atoms with E-state index in [4.69, 9.17) is 9.47 Å². The van der Waals surface area contributed by atoms with Crippen LogP contribution in [0.2, 0.25) is 0 Å². The second-order valence-corrected chi connectivity index (χ2v) is 14.3. The number of ether oxygens (including phenoxy) is 2. The third kappa shape index (κ3) is 7.02. The monoisotopic (exact) mass is 658 g/mol. The van der Waals surface area contributed by atoms with Crippen LogP contribution in [0.4, 0.5) is 25.5 Å². The largest absolute Gasteiger partial charge is 0.443 e. The van der Waals surface area contributed by atoms with Crippen LogP contribution in [0.5, 0.6) is 0 Å². The van der Waals surface area contributed by atoms with E-state index in [2.05, 4.69) is 27.3 Å². The van der Waals surface area contributed by atoms with Crippen molar-refractivity contribution >= 4 is 40.4 Å². The maximum absolute atomic E-state index is 16.1. The Bertz CT molecular complexity index is 1880. The van der Waals surface area contributed by atoms with Crippen molar-refractivity contribution in [1.29, 1.82) is 0 Å². The van der Waals surface area contributed by atoms with Crippen LogP contribution < -0.4 is 10.2 Å². The lowest BCUT2D eigenvalue weighted by Crippen LogP contribution is -2.44. The molecule has 12 heteroatoms. The van der Waals surface area contributed by atoms with E-state index in [-0.39, 0.29) is 34.9 Å². The van der Waals surface area contributed by atoms with Crippen molar-refractivity contribution < 1.29 is 28.2 Å². The first-order valence-electron chi connectivity index (χ1n) is 16.0. The molecule has 5 rings (SSSR count). The van der Waals surface area contributed by atoms with E-state index in [0.717, 1.165) is 16.9 Å². The van der Waals surface area contributed by atoms with Gasteiger partial charge in [0, 0.05) is 54.0 Å². The Kier molecular flexibility index (Phi) is 9.07. The Balaban J connectivity index is 1.51. The molecule has 254 valence electrons. The van der Waals surface area contributed by atoms with Gasteiger partial charge < -0.3 is 14.8 Å². The van der Waals surface area contributed by atoms with Crippen LogP contribution in [0.1, 0.15) is 77.5 Å². The van der Waals surface area contributed by atoms with Crippen LogP contribution >= 0.6 is 0 Å². The van der Waals surface area contributed by atoms with Gasteiger partial charge in [0.05, 0.1) is 18.1 Å². The molecule has 1 unspecified atom stereocenters. The lowest BCUT2D eigenvalue weighted by Gasteiger charge is -2.29. The molecule has 48 heavy (non-hydrogen) atoms. The highest BCUT2D eigenvalue weighted by Gasteiger charge is 2.54. The molecule has 1 aromatic carbocycles. The molecule has 1 aliphatic carbocycles. The molecule has 1 saturated carbocycles. The smallest absolute Gasteiger partial charge is 0.424 e. The summed E-state index contributed by atoms with van der Waals surface area (Å²) in [6.45, 7) is 15.5. The van der Waals surface area contributed by atoms with E-state index >= 15 is 4.39 Å². The predicted octanol–water partition coefficient (Wildman–Crippen LogP) is 7.84. The second kappa shape index (κ2) is 12.6. The van der Waals surface area contributed by atoms with Gasteiger partial charge in [-0.25, -0.2) is 19.0 Å². The molecule has 1 aliphatic rings. The molecule has 0 radical (unpaired) electrons. The second-order valence-electron chi connectivity index (χ2n) is 14.3. The molecule has 1 N–H and O–H groups in total. The third-order valence-electron chi connectivity index (χ3n) is 8.38. The summed E-state index contributed by atoms with van der Waals surface area (Å²) in [4.78, 5) is 49.6. The first kappa shape index (κ1) is 34.5. The highest BCUT2D eigenvalue weighted by molar-refractivity contribution is 6.10. The number of nitrogens with zero attached hydrogens (tertiary/aromatic N) is 5. The lowest BCUT2D eigenvalue weighted by molar-refractivity contribution is -0.117. The average Bonchev–Trinajstić information content (AvgIpc) is 3.56. The molecular formula is C36H43FN6O5. The minimum Gasteiger partial charge on any atom is -0.443 e. The Morgan fingerprint density at radius 2 is 1.58 bits per heavy atom. The fourth-order valence-corrected chi connectivity index (χ4v) is 6.12. The van der Waals surface area contributed by atoms with Gasteiger partial charge in [0.15, 0.2) is 0 Å². The number of nitrogens with one attached hydrogen (secondary N) is 1. The summed E-state index contributed by atoms with van der Waals surface area (Å²) in [5.74, 6) is -0.180. The van der Waals surface area contributed by atoms with E-state index in [9.17, 15) is 14.4 Å². The standard InChI is InChI=1S/C36H43FN6O5/c1-11-23-29(22-14-40-42(10)18-22)30(23)32(44)41-28-13-21-12-24(31(37)20(3)25(21)16-39-28)26-15-38-17-27(19(26)2)43(33(45)47-35(4,5)6)34(46)48-36(7,8)9/h12-18,23,29-30H,11H2,1-10H3,(H,39,41,44)/t23?,29-,30-/m0/s1. The van der Waals surface area contributed by atoms with Gasteiger partial charge in [-0.2, -0.15) is 10.00 Å². The summed E-state index contributed by atoms with van der Waals surface area (Å²) in [5.41, 5.74) is 0.627. The van der Waals surface area contributed by atoms with E-state index in [1.165, 1.54) is 12.4 Å². The van der Waals surface area contributed by atoms with Gasteiger partial charge in [0.25, 0.3) is 0 Å². The summed E-state index contributed by atoms with van der Waals surface area (Å²) in [6, 6.07) is 3.37. The van der Waals surface area contributed by atoms with Crippen LogP contribution in [0.15, 0.2) is 43.1 Å². The van der Waals surface area contributed by atoms with Crippen LogP contribution in [-0.2, 0) is 21.3 Å². The van der Waals surface area contributed by atoms with Crippen molar-refractivity contribution in [3.05, 3.63) is 65.6 Å². The van der Waals surface area contributed by atoms with Crippen LogP contribution in [-0.4, -0.2) is 49.0 Å². The van der Waals surface area contributed by atoms with Gasteiger partial charge in [0.2, 0.25) is 5.91 Å². The van der Waals surface area contributed by atoms with E-state index in [1.54, 1.807) is 84.6 Å². The molecule has 0 saturated heterocycles. The van der Waals surface area contributed by atoms with Gasteiger partial charge in [-0.05, 0) is 95.5 Å². The molecule has 11 nitrogen and oxygen atoms in total. The molecule has 0 spiro atoms. The highest BCUT2D eigenvalue weighted by atomic mass is 19.1. The number of carbonyl (C=O) groups is 3. The van der Waals surface area contributed by atoms with Crippen molar-refractivity contribution in [2.75, 3.05) is 10.2 Å². The van der Waals surface area contributed by atoms with Crippen LogP contribution in [0.25, 0.3) is 21.9 Å². The highest BCUT2D eigenvalue weighted by Crippen LogP contribution is 2.56. The Morgan fingerprint density at radius 3 is 2.15 bits per heavy atom. The molecule has 3 heterocycles. The number of rotatable bonds is 6. The molecule has 0 aliphatic heterocycles. The maximum Gasteiger partial charge on any atom is 0.424 e. The van der Waals surface area contributed by atoms with E-state index in [0.29, 0.717) is 33.3 Å². The Hall–Kier alpha value is -4.87. The number of anilines is 2. The molecule has 1 fully saturated rings. The zero-order valence-electron chi connectivity index (χ0n) is 29.1. The molecule has 3 aromatic heterocycles. The maximum atomic E-state index is 16.1. The molecule has 3 amide bonds. The normalized spacial score (nSPS) is 17.6. The van der Waals surface area contributed by atoms with Gasteiger partial charge in [-0.1, -0.05) is 13.3 Å². The number of carbonyl (C=O) groups excluding carboxylic acids is 3. The summed E-state index contributed by atoms with van der Waals surface area (Å²) in [5, 5.41) is 8.44. The zero-order valence-corrected chi connectivity index (χ0v) is 29.1. The number of amides is 3. The van der Waals surface area contributed by atoms with E-state index < -0.39 is 29.2 Å². The third-order valence-corrected chi connectivity index (χ3v) is 8.38. The first-order valence-corrected chi connectivity index (χ1v) is 16.0. The fourth-order valence-electron chi connectivity index (χ4n) is 6.12. The molecular weight excluding hydrogens is 615 g/mol. The minimum atomic E-state index is -0.952. The van der Waals surface area contributed by atoms with Crippen molar-refractivity contribution in [1.82, 2.24) is 19.7 Å². The Labute approximate surface area is 279 Å². The van der Waals surface area contributed by atoms with Gasteiger partial charge in [0.1, 0.15) is 22.8 Å². The first-order chi connectivity index (χ1) is 22.4. The van der Waals surface area contributed by atoms with Crippen LogP contribution in [0, 0.1) is 31.5 Å². The predicted molar refractivity (Wildman–Crippen MR) is 181 cm³/mol. The fraction of sp³-hybridized carbons (Fsp3) is 0.444. The molecule has 4 aromatic rings. The van der Waals surface area contributed by atoms with Crippen molar-refractivity contribution in [2.24, 2.45) is 18.9 Å². The zero-order chi connectivity index (χ0) is 35.3. The average molecular weight is 659 g/mol. The number of aryl methyl sites for hydroxylation is 2. The number of aromatic nitrogens is 4. The van der Waals surface area contributed by atoms with Crippen molar-refractivity contribution in [3.8, 4) is 11.1 Å². The lowest BCUT2D eigenvalue weighted by atomic mass is 9.95. The van der Waals surface area contributed by atoms with Gasteiger partial charge in [-0.3, -0.25) is 14.5 Å². The number of pyridine rings is 2. The number of imide groups is 1. The summed E-state index contributed by atoms with van der Waals surface area (Å²) in [7, 11) is 1.85. The molecule has 3 atom stereocenters. The summed E-state index contributed by atoms with van der Waals surface area (Å²) >= 11 is 0. The van der Waals surface area contributed by atoms with Crippen molar-refractivity contribution in [3.63, 3.8) is 0 Å². The Morgan fingerprint density at radius 1 is 0.938 bits per heavy atom. The molecule has 0 bridgehead atoms. The summed E-state index contributed by atoms with van der Waals surface area (Å²) in [6.07, 6.45) is 7.07. The number of fused-ring (bicyclic) bond motifs is 1. The van der Waals surface area contributed by atoms with Crippen molar-refractivity contribution in [2.45, 2.75) is 85.9 Å². The topological polar surface area (TPSA) is 129 Å². The number of hydrogen-bond donors (Lipinski definition) is 1. The summed E-state index contributed by atoms with van der Waals surface area (Å²) < 4.78 is 28.9. The number of hydrogen-bond acceptors (Lipinski definition) is 8. The number of halogens is 1. The van der Waals surface area contributed by atoms with Gasteiger partial charge in [-0.15, -0.1) is 0 Å². The SMILES string of the molecule is CCC1[C@H](C(=O)Nc2cc3cc(-c4cncc(N(C(=O)OC(C)(C)C)C(=O)OC(C)(C)C)c4C)c(F)c(C)c3cn2)[C@H]1c1cnn(C)c1. The minimum absolute atomic E-state index is 0.0916. The van der Waals surface area contributed by atoms with Crippen LogP contribution in [0.3, 0.4) is 0 Å². The van der Waals surface area contributed by atoms with Gasteiger partial charge >= 0.3 is 12.2 Å². The van der Waals surface area contributed by atoms with E-state index in [1.807, 2.05) is 13.2 Å². The number of benzene rings is 1.